The Kier molecular flexibility index (Phi) is 3.29. The third kappa shape index (κ3) is 3.33. The van der Waals surface area contributed by atoms with Gasteiger partial charge in [0.2, 0.25) is 5.91 Å². The summed E-state index contributed by atoms with van der Waals surface area (Å²) in [5.41, 5.74) is 7.12. The fraction of sp³-hybridized carbons (Fsp3) is 0.533. The van der Waals surface area contributed by atoms with E-state index in [2.05, 4.69) is 5.32 Å². The Morgan fingerprint density at radius 3 is 2.89 bits per heavy atom. The van der Waals surface area contributed by atoms with Gasteiger partial charge in [0.1, 0.15) is 0 Å². The van der Waals surface area contributed by atoms with Gasteiger partial charge in [0.05, 0.1) is 12.1 Å². The number of hydrogen-bond acceptors (Lipinski definition) is 3. The van der Waals surface area contributed by atoms with E-state index in [1.54, 1.807) is 0 Å². The zero-order valence-corrected chi connectivity index (χ0v) is 11.0. The minimum absolute atomic E-state index is 0.0800. The first-order chi connectivity index (χ1) is 9.16. The summed E-state index contributed by atoms with van der Waals surface area (Å²) in [6, 6.07) is 7.78. The van der Waals surface area contributed by atoms with Crippen molar-refractivity contribution in [3.05, 3.63) is 29.8 Å². The molecule has 19 heavy (non-hydrogen) atoms. The maximum atomic E-state index is 11.9. The van der Waals surface area contributed by atoms with Crippen molar-refractivity contribution in [2.75, 3.05) is 11.9 Å². The Labute approximate surface area is 113 Å². The highest BCUT2D eigenvalue weighted by molar-refractivity contribution is 6.00. The predicted molar refractivity (Wildman–Crippen MR) is 73.6 cm³/mol. The molecule has 3 N–H and O–H groups in total. The molecule has 0 spiro atoms. The molecule has 3 rings (SSSR count). The van der Waals surface area contributed by atoms with Crippen LogP contribution < -0.4 is 11.1 Å². The van der Waals surface area contributed by atoms with Gasteiger partial charge in [-0.15, -0.1) is 0 Å². The summed E-state index contributed by atoms with van der Waals surface area (Å²) < 4.78 is 5.65. The third-order valence-electron chi connectivity index (χ3n) is 3.74. The first-order valence-electron chi connectivity index (χ1n) is 6.93. The van der Waals surface area contributed by atoms with E-state index in [1.807, 2.05) is 24.3 Å². The highest BCUT2D eigenvalue weighted by Crippen LogP contribution is 2.33. The molecular weight excluding hydrogens is 240 g/mol. The van der Waals surface area contributed by atoms with Crippen molar-refractivity contribution in [3.8, 4) is 0 Å². The van der Waals surface area contributed by atoms with E-state index in [1.165, 1.54) is 12.8 Å². The van der Waals surface area contributed by atoms with E-state index >= 15 is 0 Å². The summed E-state index contributed by atoms with van der Waals surface area (Å²) >= 11 is 0. The fourth-order valence-corrected chi connectivity index (χ4v) is 1.98. The van der Waals surface area contributed by atoms with Crippen molar-refractivity contribution in [3.63, 3.8) is 0 Å². The van der Waals surface area contributed by atoms with Gasteiger partial charge in [0.25, 0.3) is 0 Å². The average molecular weight is 260 g/mol. The number of amides is 1. The largest absolute Gasteiger partial charge is 0.376 e. The molecule has 0 heterocycles. The van der Waals surface area contributed by atoms with Gasteiger partial charge < -0.3 is 15.8 Å². The quantitative estimate of drug-likeness (QED) is 0.822. The van der Waals surface area contributed by atoms with Crippen LogP contribution in [0.15, 0.2) is 24.3 Å². The Balaban J connectivity index is 1.54. The van der Waals surface area contributed by atoms with Gasteiger partial charge in [-0.2, -0.15) is 0 Å². The van der Waals surface area contributed by atoms with Crippen molar-refractivity contribution in [2.24, 2.45) is 11.7 Å². The molecule has 0 atom stereocenters. The highest BCUT2D eigenvalue weighted by Gasteiger charge is 2.45. The monoisotopic (exact) mass is 260 g/mol. The second-order valence-electron chi connectivity index (χ2n) is 5.77. The Morgan fingerprint density at radius 2 is 2.21 bits per heavy atom. The first-order valence-corrected chi connectivity index (χ1v) is 6.93. The molecule has 1 aromatic rings. The number of carbonyl (C=O) groups excluding carboxylic acids is 1. The molecule has 0 aromatic heterocycles. The van der Waals surface area contributed by atoms with Crippen molar-refractivity contribution in [1.82, 2.24) is 0 Å². The summed E-state index contributed by atoms with van der Waals surface area (Å²) in [7, 11) is 0. The van der Waals surface area contributed by atoms with E-state index in [0.717, 1.165) is 36.6 Å². The second kappa shape index (κ2) is 4.94. The molecule has 0 aliphatic heterocycles. The summed E-state index contributed by atoms with van der Waals surface area (Å²) in [5.74, 6) is 0.693. The van der Waals surface area contributed by atoms with Crippen LogP contribution in [-0.2, 0) is 16.1 Å². The van der Waals surface area contributed by atoms with Crippen LogP contribution >= 0.6 is 0 Å². The van der Waals surface area contributed by atoms with Gasteiger partial charge in [-0.25, -0.2) is 0 Å². The molecule has 2 aliphatic rings. The van der Waals surface area contributed by atoms with Crippen molar-refractivity contribution >= 4 is 11.6 Å². The van der Waals surface area contributed by atoms with Crippen LogP contribution in [0, 0.1) is 5.92 Å². The summed E-state index contributed by atoms with van der Waals surface area (Å²) in [6.45, 7) is 1.45. The molecule has 0 saturated heterocycles. The lowest BCUT2D eigenvalue weighted by Gasteiger charge is -2.11. The van der Waals surface area contributed by atoms with Crippen LogP contribution in [0.5, 0.6) is 0 Å². The molecule has 2 fully saturated rings. The number of nitrogens with one attached hydrogen (secondary N) is 1. The van der Waals surface area contributed by atoms with Crippen molar-refractivity contribution < 1.29 is 9.53 Å². The molecule has 0 bridgehead atoms. The summed E-state index contributed by atoms with van der Waals surface area (Å²) in [6.07, 6.45) is 4.16. The molecule has 4 heteroatoms. The standard InChI is InChI=1S/C15H20N2O2/c16-15(6-7-15)14(18)17-13-3-1-2-12(8-13)10-19-9-11-4-5-11/h1-3,8,11H,4-7,9-10,16H2,(H,17,18). The molecule has 2 aliphatic carbocycles. The highest BCUT2D eigenvalue weighted by atomic mass is 16.5. The van der Waals surface area contributed by atoms with Crippen LogP contribution in [0.25, 0.3) is 0 Å². The predicted octanol–water partition coefficient (Wildman–Crippen LogP) is 2.04. The Bertz CT molecular complexity index is 479. The maximum Gasteiger partial charge on any atom is 0.244 e. The van der Waals surface area contributed by atoms with Crippen LogP contribution in [0.1, 0.15) is 31.2 Å². The zero-order chi connectivity index (χ0) is 13.3. The van der Waals surface area contributed by atoms with Crippen LogP contribution in [-0.4, -0.2) is 18.1 Å². The van der Waals surface area contributed by atoms with Crippen molar-refractivity contribution in [1.29, 1.82) is 0 Å². The average Bonchev–Trinajstić information content (AvgIpc) is 3.28. The van der Waals surface area contributed by atoms with E-state index in [-0.39, 0.29) is 5.91 Å². The zero-order valence-electron chi connectivity index (χ0n) is 11.0. The van der Waals surface area contributed by atoms with Gasteiger partial charge in [-0.05, 0) is 49.3 Å². The van der Waals surface area contributed by atoms with Gasteiger partial charge in [-0.3, -0.25) is 4.79 Å². The number of benzene rings is 1. The van der Waals surface area contributed by atoms with Crippen molar-refractivity contribution in [2.45, 2.75) is 37.8 Å². The minimum Gasteiger partial charge on any atom is -0.376 e. The molecule has 0 unspecified atom stereocenters. The van der Waals surface area contributed by atoms with Crippen LogP contribution in [0.2, 0.25) is 0 Å². The third-order valence-corrected chi connectivity index (χ3v) is 3.74. The van der Waals surface area contributed by atoms with E-state index in [0.29, 0.717) is 6.61 Å². The lowest BCUT2D eigenvalue weighted by Crippen LogP contribution is -2.37. The van der Waals surface area contributed by atoms with Crippen LogP contribution in [0.3, 0.4) is 0 Å². The fourth-order valence-electron chi connectivity index (χ4n) is 1.98. The second-order valence-corrected chi connectivity index (χ2v) is 5.77. The topological polar surface area (TPSA) is 64.4 Å². The van der Waals surface area contributed by atoms with E-state index < -0.39 is 5.54 Å². The number of rotatable bonds is 6. The molecule has 102 valence electrons. The van der Waals surface area contributed by atoms with Gasteiger partial charge >= 0.3 is 0 Å². The smallest absolute Gasteiger partial charge is 0.244 e. The number of nitrogens with two attached hydrogens (primary N) is 1. The lowest BCUT2D eigenvalue weighted by molar-refractivity contribution is -0.118. The van der Waals surface area contributed by atoms with E-state index in [9.17, 15) is 4.79 Å². The maximum absolute atomic E-state index is 11.9. The number of carbonyl (C=O) groups is 1. The van der Waals surface area contributed by atoms with Gasteiger partial charge in [0.15, 0.2) is 0 Å². The Hall–Kier alpha value is -1.39. The van der Waals surface area contributed by atoms with Gasteiger partial charge in [-0.1, -0.05) is 12.1 Å². The van der Waals surface area contributed by atoms with Crippen LogP contribution in [0.4, 0.5) is 5.69 Å². The molecule has 2 saturated carbocycles. The minimum atomic E-state index is -0.627. The molecular formula is C15H20N2O2. The van der Waals surface area contributed by atoms with Gasteiger partial charge in [0, 0.05) is 12.3 Å². The normalized spacial score (nSPS) is 20.1. The molecule has 1 aromatic carbocycles. The molecule has 4 nitrogen and oxygen atoms in total. The van der Waals surface area contributed by atoms with E-state index in [4.69, 9.17) is 10.5 Å². The molecule has 0 radical (unpaired) electrons. The first kappa shape index (κ1) is 12.6. The SMILES string of the molecule is NC1(C(=O)Nc2cccc(COCC3CC3)c2)CC1. The number of hydrogen-bond donors (Lipinski definition) is 2. The Morgan fingerprint density at radius 1 is 1.42 bits per heavy atom. The summed E-state index contributed by atoms with van der Waals surface area (Å²) in [4.78, 5) is 11.9. The lowest BCUT2D eigenvalue weighted by atomic mass is 10.2. The number of anilines is 1. The number of ether oxygens (including phenoxy) is 1. The summed E-state index contributed by atoms with van der Waals surface area (Å²) in [5, 5.41) is 2.88. The molecule has 1 amide bonds.